The van der Waals surface area contributed by atoms with Crippen LogP contribution in [0.2, 0.25) is 0 Å². The van der Waals surface area contributed by atoms with Crippen LogP contribution in [0.1, 0.15) is 12.5 Å². The lowest BCUT2D eigenvalue weighted by Crippen LogP contribution is -2.34. The van der Waals surface area contributed by atoms with Gasteiger partial charge in [0, 0.05) is 25.8 Å². The van der Waals surface area contributed by atoms with Gasteiger partial charge in [-0.25, -0.2) is 4.79 Å². The first-order chi connectivity index (χ1) is 16.0. The van der Waals surface area contributed by atoms with Crippen molar-refractivity contribution in [2.24, 2.45) is 0 Å². The van der Waals surface area contributed by atoms with Gasteiger partial charge in [0.05, 0.1) is 0 Å². The molecule has 172 valence electrons. The number of ether oxygens (including phenoxy) is 3. The molecule has 0 heterocycles. The first-order valence-corrected chi connectivity index (χ1v) is 10.6. The number of likely N-dealkylation sites (N-methyl/N-ethyl adjacent to an activating group) is 1. The second kappa shape index (κ2) is 11.7. The van der Waals surface area contributed by atoms with Crippen LogP contribution in [-0.2, 0) is 20.7 Å². The van der Waals surface area contributed by atoms with E-state index in [1.807, 2.05) is 61.5 Å². The Hall–Kier alpha value is -3.84. The number of benzene rings is 3. The van der Waals surface area contributed by atoms with Crippen molar-refractivity contribution in [1.82, 2.24) is 0 Å². The minimum atomic E-state index is -1.01. The molecule has 7 heteroatoms. The molecule has 0 bridgehead atoms. The Morgan fingerprint density at radius 1 is 0.879 bits per heavy atom. The third-order valence-electron chi connectivity index (χ3n) is 5.01. The number of aliphatic carboxylic acids is 1. The molecule has 3 rings (SSSR count). The van der Waals surface area contributed by atoms with Crippen LogP contribution in [-0.4, -0.2) is 43.3 Å². The van der Waals surface area contributed by atoms with Gasteiger partial charge in [-0.2, -0.15) is 0 Å². The molecule has 0 spiro atoms. The molecule has 0 unspecified atom stereocenters. The van der Waals surface area contributed by atoms with E-state index in [0.717, 1.165) is 17.0 Å². The zero-order valence-corrected chi connectivity index (χ0v) is 18.6. The molecule has 0 aromatic heterocycles. The summed E-state index contributed by atoms with van der Waals surface area (Å²) in [5, 5.41) is 9.09. The monoisotopic (exact) mass is 449 g/mol. The summed E-state index contributed by atoms with van der Waals surface area (Å²) in [6.45, 7) is 2.27. The summed E-state index contributed by atoms with van der Waals surface area (Å²) in [5.41, 5.74) is 1.55. The van der Waals surface area contributed by atoms with Crippen LogP contribution in [0, 0.1) is 0 Å². The van der Waals surface area contributed by atoms with Gasteiger partial charge >= 0.3 is 5.97 Å². The lowest BCUT2D eigenvalue weighted by Gasteiger charge is -2.21. The normalized spacial score (nSPS) is 11.5. The summed E-state index contributed by atoms with van der Waals surface area (Å²) in [6, 6.07) is 23.7. The van der Waals surface area contributed by atoms with E-state index in [1.165, 1.54) is 7.11 Å². The Bertz CT molecular complexity index is 1030. The number of amides is 1. The number of hydrogen-bond donors (Lipinski definition) is 1. The van der Waals surface area contributed by atoms with Crippen molar-refractivity contribution in [2.75, 3.05) is 25.2 Å². The molecule has 33 heavy (non-hydrogen) atoms. The first-order valence-electron chi connectivity index (χ1n) is 10.6. The van der Waals surface area contributed by atoms with Crippen molar-refractivity contribution in [1.29, 1.82) is 0 Å². The van der Waals surface area contributed by atoms with Crippen LogP contribution in [0.25, 0.3) is 0 Å². The Morgan fingerprint density at radius 3 is 2.06 bits per heavy atom. The molecular weight excluding hydrogens is 422 g/mol. The first kappa shape index (κ1) is 23.8. The smallest absolute Gasteiger partial charge is 0.333 e. The number of nitrogens with zero attached hydrogens (tertiary/aromatic N) is 1. The average molecular weight is 450 g/mol. The summed E-state index contributed by atoms with van der Waals surface area (Å²) >= 11 is 0. The van der Waals surface area contributed by atoms with Gasteiger partial charge in [-0.05, 0) is 61.0 Å². The van der Waals surface area contributed by atoms with E-state index in [1.54, 1.807) is 29.2 Å². The van der Waals surface area contributed by atoms with E-state index in [0.29, 0.717) is 18.0 Å². The SMILES string of the molecule is CCN(C(=O)COc1ccc(C[C@H](OC)C(=O)O)cc1)c1ccc(Oc2ccccc2)cc1. The molecule has 0 saturated carbocycles. The Labute approximate surface area is 193 Å². The van der Waals surface area contributed by atoms with E-state index in [9.17, 15) is 9.59 Å². The maximum Gasteiger partial charge on any atom is 0.333 e. The zero-order valence-electron chi connectivity index (χ0n) is 18.6. The summed E-state index contributed by atoms with van der Waals surface area (Å²) in [4.78, 5) is 25.5. The van der Waals surface area contributed by atoms with E-state index < -0.39 is 12.1 Å². The maximum absolute atomic E-state index is 12.7. The number of carboxylic acids is 1. The second-order valence-electron chi connectivity index (χ2n) is 7.25. The number of carbonyl (C=O) groups is 2. The third-order valence-corrected chi connectivity index (χ3v) is 5.01. The number of carbonyl (C=O) groups excluding carboxylic acids is 1. The predicted octanol–water partition coefficient (Wildman–Crippen LogP) is 4.55. The number of carboxylic acid groups (broad SMARTS) is 1. The fourth-order valence-electron chi connectivity index (χ4n) is 3.25. The fourth-order valence-corrected chi connectivity index (χ4v) is 3.25. The molecule has 0 saturated heterocycles. The number of anilines is 1. The van der Waals surface area contributed by atoms with Crippen molar-refractivity contribution in [3.05, 3.63) is 84.4 Å². The van der Waals surface area contributed by atoms with E-state index in [2.05, 4.69) is 0 Å². The quantitative estimate of drug-likeness (QED) is 0.462. The summed E-state index contributed by atoms with van der Waals surface area (Å²) in [6.07, 6.45) is -0.653. The largest absolute Gasteiger partial charge is 0.484 e. The molecule has 1 N–H and O–H groups in total. The van der Waals surface area contributed by atoms with E-state index >= 15 is 0 Å². The minimum Gasteiger partial charge on any atom is -0.484 e. The highest BCUT2D eigenvalue weighted by Crippen LogP contribution is 2.24. The van der Waals surface area contributed by atoms with Crippen LogP contribution in [0.4, 0.5) is 5.69 Å². The topological polar surface area (TPSA) is 85.3 Å². The van der Waals surface area contributed by atoms with Crippen molar-refractivity contribution < 1.29 is 28.9 Å². The van der Waals surface area contributed by atoms with Crippen LogP contribution in [0.15, 0.2) is 78.9 Å². The predicted molar refractivity (Wildman–Crippen MR) is 125 cm³/mol. The summed E-state index contributed by atoms with van der Waals surface area (Å²) in [5.74, 6) is 0.766. The number of hydrogen-bond acceptors (Lipinski definition) is 5. The highest BCUT2D eigenvalue weighted by atomic mass is 16.5. The Kier molecular flexibility index (Phi) is 8.43. The maximum atomic E-state index is 12.7. The third kappa shape index (κ3) is 6.82. The van der Waals surface area contributed by atoms with Crippen molar-refractivity contribution >= 4 is 17.6 Å². The molecule has 1 atom stereocenters. The van der Waals surface area contributed by atoms with Gasteiger partial charge in [0.15, 0.2) is 12.7 Å². The van der Waals surface area contributed by atoms with Gasteiger partial charge < -0.3 is 24.2 Å². The number of para-hydroxylation sites is 1. The number of methoxy groups -OCH3 is 1. The van der Waals surface area contributed by atoms with Crippen molar-refractivity contribution in [3.63, 3.8) is 0 Å². The summed E-state index contributed by atoms with van der Waals surface area (Å²) < 4.78 is 16.4. The van der Waals surface area contributed by atoms with Crippen LogP contribution in [0.5, 0.6) is 17.2 Å². The molecule has 0 aliphatic heterocycles. The van der Waals surface area contributed by atoms with Crippen LogP contribution >= 0.6 is 0 Å². The molecule has 1 amide bonds. The zero-order chi connectivity index (χ0) is 23.6. The highest BCUT2D eigenvalue weighted by molar-refractivity contribution is 5.94. The molecule has 0 radical (unpaired) electrons. The molecule has 3 aromatic rings. The Morgan fingerprint density at radius 2 is 1.48 bits per heavy atom. The van der Waals surface area contributed by atoms with Gasteiger partial charge in [-0.3, -0.25) is 4.79 Å². The van der Waals surface area contributed by atoms with E-state index in [-0.39, 0.29) is 18.9 Å². The van der Waals surface area contributed by atoms with Crippen molar-refractivity contribution in [2.45, 2.75) is 19.4 Å². The molecular formula is C26H27NO6. The van der Waals surface area contributed by atoms with Crippen LogP contribution < -0.4 is 14.4 Å². The average Bonchev–Trinajstić information content (AvgIpc) is 2.84. The highest BCUT2D eigenvalue weighted by Gasteiger charge is 2.17. The number of rotatable bonds is 11. The lowest BCUT2D eigenvalue weighted by molar-refractivity contribution is -0.148. The standard InChI is InChI=1S/C26H27NO6/c1-3-27(20-11-15-23(16-12-20)33-22-7-5-4-6-8-22)25(28)18-32-21-13-9-19(10-14-21)17-24(31-2)26(29)30/h4-16,24H,3,17-18H2,1-2H3,(H,29,30)/t24-/m0/s1. The second-order valence-corrected chi connectivity index (χ2v) is 7.25. The molecule has 0 aliphatic carbocycles. The summed E-state index contributed by atoms with van der Waals surface area (Å²) in [7, 11) is 1.37. The van der Waals surface area contributed by atoms with Crippen LogP contribution in [0.3, 0.4) is 0 Å². The molecule has 7 nitrogen and oxygen atoms in total. The molecule has 3 aromatic carbocycles. The molecule has 0 fully saturated rings. The fraction of sp³-hybridized carbons (Fsp3) is 0.231. The van der Waals surface area contributed by atoms with Gasteiger partial charge in [0.1, 0.15) is 17.2 Å². The lowest BCUT2D eigenvalue weighted by atomic mass is 10.1. The van der Waals surface area contributed by atoms with Gasteiger partial charge in [0.25, 0.3) is 5.91 Å². The minimum absolute atomic E-state index is 0.120. The van der Waals surface area contributed by atoms with Gasteiger partial charge in [-0.15, -0.1) is 0 Å². The molecule has 0 aliphatic rings. The van der Waals surface area contributed by atoms with Crippen molar-refractivity contribution in [3.8, 4) is 17.2 Å². The van der Waals surface area contributed by atoms with Gasteiger partial charge in [0.2, 0.25) is 0 Å². The van der Waals surface area contributed by atoms with Gasteiger partial charge in [-0.1, -0.05) is 30.3 Å². The Balaban J connectivity index is 1.55. The van der Waals surface area contributed by atoms with E-state index in [4.69, 9.17) is 19.3 Å².